The minimum Gasteiger partial charge on any atom is -0.439 e. The van der Waals surface area contributed by atoms with Gasteiger partial charge >= 0.3 is 0 Å². The highest BCUT2D eigenvalue weighted by Crippen LogP contribution is 2.30. The molecule has 1 aliphatic rings. The molecule has 3 aromatic heterocycles. The van der Waals surface area contributed by atoms with Crippen LogP contribution in [0.2, 0.25) is 0 Å². The van der Waals surface area contributed by atoms with Crippen molar-refractivity contribution in [1.82, 2.24) is 24.8 Å². The van der Waals surface area contributed by atoms with Gasteiger partial charge in [0.1, 0.15) is 17.0 Å². The Balaban J connectivity index is 1.50. The Morgan fingerprint density at radius 1 is 1.21 bits per heavy atom. The Labute approximate surface area is 165 Å². The fourth-order valence-corrected chi connectivity index (χ4v) is 3.68. The van der Waals surface area contributed by atoms with Gasteiger partial charge in [-0.2, -0.15) is 0 Å². The second kappa shape index (κ2) is 6.69. The highest BCUT2D eigenvalue weighted by molar-refractivity contribution is 5.83. The van der Waals surface area contributed by atoms with E-state index in [1.165, 1.54) is 0 Å². The maximum absolute atomic E-state index is 11.6. The number of aryl methyl sites for hydroxylation is 2. The number of benzene rings is 1. The number of anilines is 1. The van der Waals surface area contributed by atoms with Crippen LogP contribution in [0.15, 0.2) is 35.1 Å². The van der Waals surface area contributed by atoms with Gasteiger partial charge in [0.25, 0.3) is 0 Å². The van der Waals surface area contributed by atoms with Crippen LogP contribution < -0.4 is 10.5 Å². The smallest absolute Gasteiger partial charge is 0.221 e. The average molecular weight is 390 g/mol. The summed E-state index contributed by atoms with van der Waals surface area (Å²) >= 11 is 0. The second-order valence-corrected chi connectivity index (χ2v) is 6.94. The number of fused-ring (bicyclic) bond motifs is 2. The van der Waals surface area contributed by atoms with E-state index in [-0.39, 0.29) is 11.6 Å². The molecule has 0 saturated heterocycles. The van der Waals surface area contributed by atoms with E-state index in [0.717, 1.165) is 23.1 Å². The van der Waals surface area contributed by atoms with Gasteiger partial charge in [0, 0.05) is 25.5 Å². The Morgan fingerprint density at radius 3 is 2.90 bits per heavy atom. The molecule has 0 fully saturated rings. The monoisotopic (exact) mass is 390 g/mol. The van der Waals surface area contributed by atoms with Gasteiger partial charge in [-0.25, -0.2) is 14.6 Å². The van der Waals surface area contributed by atoms with Crippen molar-refractivity contribution in [3.05, 3.63) is 41.6 Å². The maximum atomic E-state index is 11.6. The van der Waals surface area contributed by atoms with Crippen LogP contribution in [-0.4, -0.2) is 30.6 Å². The molecule has 0 spiro atoms. The SMILES string of the molecule is CCn1c(-c2nonc2N)nc2cnc(Oc3ccc4c(c3)CCC(=O)C4)cc21. The van der Waals surface area contributed by atoms with Crippen LogP contribution >= 0.6 is 0 Å². The van der Waals surface area contributed by atoms with Crippen molar-refractivity contribution in [2.45, 2.75) is 32.7 Å². The number of hydrogen-bond acceptors (Lipinski definition) is 8. The number of nitrogens with zero attached hydrogens (tertiary/aromatic N) is 5. The number of rotatable bonds is 4. The maximum Gasteiger partial charge on any atom is 0.221 e. The number of ketones is 1. The zero-order chi connectivity index (χ0) is 20.0. The Hall–Kier alpha value is -3.75. The van der Waals surface area contributed by atoms with Crippen molar-refractivity contribution in [2.75, 3.05) is 5.73 Å². The Kier molecular flexibility index (Phi) is 4.01. The average Bonchev–Trinajstić information content (AvgIpc) is 3.30. The molecule has 1 aromatic carbocycles. The molecule has 0 bridgehead atoms. The standard InChI is InChI=1S/C20H18N6O3/c1-2-26-16-9-17(22-10-15(16)23-20(26)18-19(21)25-29-24-18)28-14-6-4-11-7-13(27)5-3-12(11)8-14/h4,6,8-10H,2-3,5,7H2,1H3,(H2,21,25). The van der Waals surface area contributed by atoms with Gasteiger partial charge in [-0.3, -0.25) is 4.79 Å². The minimum absolute atomic E-state index is 0.187. The van der Waals surface area contributed by atoms with Crippen LogP contribution in [0.1, 0.15) is 24.5 Å². The van der Waals surface area contributed by atoms with Crippen LogP contribution in [0.25, 0.3) is 22.6 Å². The first-order valence-corrected chi connectivity index (χ1v) is 9.38. The largest absolute Gasteiger partial charge is 0.439 e. The number of nitrogens with two attached hydrogens (primary N) is 1. The lowest BCUT2D eigenvalue weighted by Gasteiger charge is -2.16. The van der Waals surface area contributed by atoms with E-state index in [1.807, 2.05) is 35.8 Å². The van der Waals surface area contributed by atoms with Gasteiger partial charge in [-0.15, -0.1) is 0 Å². The van der Waals surface area contributed by atoms with E-state index in [1.54, 1.807) is 6.20 Å². The molecule has 146 valence electrons. The third-order valence-electron chi connectivity index (χ3n) is 5.11. The van der Waals surface area contributed by atoms with Gasteiger partial charge < -0.3 is 15.0 Å². The number of aromatic nitrogens is 5. The van der Waals surface area contributed by atoms with Crippen LogP contribution in [0.5, 0.6) is 11.6 Å². The molecule has 1 aliphatic carbocycles. The Morgan fingerprint density at radius 2 is 2.10 bits per heavy atom. The summed E-state index contributed by atoms with van der Waals surface area (Å²) in [6.45, 7) is 2.65. The predicted molar refractivity (Wildman–Crippen MR) is 104 cm³/mol. The van der Waals surface area contributed by atoms with Crippen LogP contribution in [0.3, 0.4) is 0 Å². The van der Waals surface area contributed by atoms with Crippen LogP contribution in [0, 0.1) is 0 Å². The van der Waals surface area contributed by atoms with Crippen LogP contribution in [0.4, 0.5) is 5.82 Å². The van der Waals surface area contributed by atoms with Crippen molar-refractivity contribution in [3.63, 3.8) is 0 Å². The number of imidazole rings is 1. The molecule has 0 amide bonds. The van der Waals surface area contributed by atoms with Crippen molar-refractivity contribution >= 4 is 22.6 Å². The predicted octanol–water partition coefficient (Wildman–Crippen LogP) is 2.93. The van der Waals surface area contributed by atoms with Gasteiger partial charge in [0.2, 0.25) is 5.88 Å². The summed E-state index contributed by atoms with van der Waals surface area (Å²) in [5, 5.41) is 7.48. The van der Waals surface area contributed by atoms with E-state index in [2.05, 4.69) is 20.3 Å². The van der Waals surface area contributed by atoms with E-state index in [0.29, 0.717) is 48.1 Å². The first-order valence-electron chi connectivity index (χ1n) is 9.38. The lowest BCUT2D eigenvalue weighted by Crippen LogP contribution is -2.12. The quantitative estimate of drug-likeness (QED) is 0.564. The zero-order valence-corrected chi connectivity index (χ0v) is 15.8. The third kappa shape index (κ3) is 3.00. The lowest BCUT2D eigenvalue weighted by atomic mass is 9.91. The molecule has 0 saturated carbocycles. The summed E-state index contributed by atoms with van der Waals surface area (Å²) in [5.74, 6) is 2.19. The number of pyridine rings is 1. The van der Waals surface area contributed by atoms with Crippen molar-refractivity contribution in [1.29, 1.82) is 0 Å². The first kappa shape index (κ1) is 17.4. The number of hydrogen-bond donors (Lipinski definition) is 1. The molecule has 2 N–H and O–H groups in total. The van der Waals surface area contributed by atoms with Gasteiger partial charge in [0.05, 0.1) is 11.7 Å². The number of ether oxygens (including phenoxy) is 1. The number of nitrogen functional groups attached to an aromatic ring is 1. The zero-order valence-electron chi connectivity index (χ0n) is 15.8. The highest BCUT2D eigenvalue weighted by Gasteiger charge is 2.20. The first-order chi connectivity index (χ1) is 14.1. The molecule has 0 unspecified atom stereocenters. The second-order valence-electron chi connectivity index (χ2n) is 6.94. The van der Waals surface area contributed by atoms with E-state index >= 15 is 0 Å². The molecule has 9 nitrogen and oxygen atoms in total. The molecule has 9 heteroatoms. The van der Waals surface area contributed by atoms with Crippen molar-refractivity contribution < 1.29 is 14.2 Å². The molecule has 3 heterocycles. The van der Waals surface area contributed by atoms with E-state index in [4.69, 9.17) is 15.1 Å². The molecule has 0 aliphatic heterocycles. The fraction of sp³-hybridized carbons (Fsp3) is 0.250. The summed E-state index contributed by atoms with van der Waals surface area (Å²) in [6, 6.07) is 7.64. The van der Waals surface area contributed by atoms with Gasteiger partial charge in [-0.05, 0) is 46.9 Å². The van der Waals surface area contributed by atoms with E-state index < -0.39 is 0 Å². The summed E-state index contributed by atoms with van der Waals surface area (Å²) in [5.41, 5.74) is 10.00. The molecule has 29 heavy (non-hydrogen) atoms. The Bertz CT molecular complexity index is 1240. The van der Waals surface area contributed by atoms with E-state index in [9.17, 15) is 4.79 Å². The normalized spacial score (nSPS) is 13.6. The molecule has 0 atom stereocenters. The summed E-state index contributed by atoms with van der Waals surface area (Å²) in [4.78, 5) is 20.6. The molecular formula is C20H18N6O3. The summed E-state index contributed by atoms with van der Waals surface area (Å²) in [6.07, 6.45) is 3.48. The van der Waals surface area contributed by atoms with Crippen molar-refractivity contribution in [3.8, 4) is 23.1 Å². The summed E-state index contributed by atoms with van der Waals surface area (Å²) < 4.78 is 12.7. The number of Topliss-reactive ketones (excluding diaryl/α,β-unsaturated/α-hetero) is 1. The minimum atomic E-state index is 0.187. The van der Waals surface area contributed by atoms with Gasteiger partial charge in [0.15, 0.2) is 17.3 Å². The number of carbonyl (C=O) groups is 1. The number of carbonyl (C=O) groups excluding carboxylic acids is 1. The molecule has 5 rings (SSSR count). The lowest BCUT2D eigenvalue weighted by molar-refractivity contribution is -0.118. The topological polar surface area (TPSA) is 122 Å². The third-order valence-corrected chi connectivity index (χ3v) is 5.11. The van der Waals surface area contributed by atoms with Gasteiger partial charge in [-0.1, -0.05) is 6.07 Å². The van der Waals surface area contributed by atoms with Crippen molar-refractivity contribution in [2.24, 2.45) is 0 Å². The molecule has 0 radical (unpaired) electrons. The van der Waals surface area contributed by atoms with Crippen LogP contribution in [-0.2, 0) is 24.2 Å². The molecule has 4 aromatic rings. The summed E-state index contributed by atoms with van der Waals surface area (Å²) in [7, 11) is 0. The molecular weight excluding hydrogens is 372 g/mol. The fourth-order valence-electron chi connectivity index (χ4n) is 3.68. The highest BCUT2D eigenvalue weighted by atomic mass is 16.6.